The lowest BCUT2D eigenvalue weighted by Crippen LogP contribution is -2.36. The Hall–Kier alpha value is -3.54. The second kappa shape index (κ2) is 20.6. The molecule has 4 atom stereocenters. The molecule has 2 aromatic heterocycles. The number of benzene rings is 1. The van der Waals surface area contributed by atoms with Crippen LogP contribution in [0.5, 0.6) is 0 Å². The number of thioether (sulfide) groups is 1. The molecule has 0 radical (unpaired) electrons. The van der Waals surface area contributed by atoms with Gasteiger partial charge < -0.3 is 35.5 Å². The fraction of sp³-hybridized carbons (Fsp3) is 0.579. The molecular formula is C38H51ClN8O6S2. The number of rotatable bonds is 22. The van der Waals surface area contributed by atoms with E-state index in [2.05, 4.69) is 45.3 Å². The Morgan fingerprint density at radius 2 is 1.62 bits per heavy atom. The van der Waals surface area contributed by atoms with Gasteiger partial charge in [-0.1, -0.05) is 30.2 Å². The van der Waals surface area contributed by atoms with Crippen molar-refractivity contribution in [2.75, 3.05) is 58.5 Å². The van der Waals surface area contributed by atoms with Gasteiger partial charge in [-0.3, -0.25) is 19.1 Å². The van der Waals surface area contributed by atoms with Crippen molar-refractivity contribution in [1.29, 1.82) is 0 Å². The van der Waals surface area contributed by atoms with Crippen molar-refractivity contribution in [3.05, 3.63) is 63.0 Å². The number of thiophene rings is 1. The third-order valence-corrected chi connectivity index (χ3v) is 12.8. The summed E-state index contributed by atoms with van der Waals surface area (Å²) in [5.41, 5.74) is 3.91. The van der Waals surface area contributed by atoms with Gasteiger partial charge in [-0.2, -0.15) is 11.8 Å². The fourth-order valence-corrected chi connectivity index (χ4v) is 9.69. The van der Waals surface area contributed by atoms with E-state index in [9.17, 15) is 14.4 Å². The monoisotopic (exact) mass is 814 g/mol. The molecule has 0 spiro atoms. The van der Waals surface area contributed by atoms with E-state index in [4.69, 9.17) is 30.8 Å². The number of aryl methyl sites for hydroxylation is 1. The van der Waals surface area contributed by atoms with Crippen molar-refractivity contribution < 1.29 is 28.6 Å². The molecule has 2 unspecified atom stereocenters. The van der Waals surface area contributed by atoms with Gasteiger partial charge in [0.1, 0.15) is 17.4 Å². The number of unbranched alkanes of at least 4 members (excludes halogenated alkanes) is 1. The summed E-state index contributed by atoms with van der Waals surface area (Å²) in [6.07, 6.45) is 6.60. The highest BCUT2D eigenvalue weighted by atomic mass is 35.5. The van der Waals surface area contributed by atoms with Gasteiger partial charge in [-0.15, -0.1) is 21.5 Å². The van der Waals surface area contributed by atoms with Crippen molar-refractivity contribution in [2.45, 2.75) is 82.2 Å². The lowest BCUT2D eigenvalue weighted by molar-refractivity contribution is -0.122. The van der Waals surface area contributed by atoms with E-state index in [1.165, 1.54) is 4.88 Å². The van der Waals surface area contributed by atoms with Crippen LogP contribution in [0.1, 0.15) is 78.4 Å². The van der Waals surface area contributed by atoms with Crippen molar-refractivity contribution in [2.24, 2.45) is 4.99 Å². The number of hydrogen-bond donors (Lipinski definition) is 4. The average Bonchev–Trinajstić information content (AvgIpc) is 3.94. The highest BCUT2D eigenvalue weighted by Crippen LogP contribution is 2.39. The van der Waals surface area contributed by atoms with Gasteiger partial charge in [0.2, 0.25) is 11.8 Å². The molecule has 55 heavy (non-hydrogen) atoms. The second-order valence-corrected chi connectivity index (χ2v) is 16.8. The topological polar surface area (TPSA) is 170 Å². The Morgan fingerprint density at radius 3 is 2.35 bits per heavy atom. The molecule has 1 aromatic carbocycles. The summed E-state index contributed by atoms with van der Waals surface area (Å²) < 4.78 is 18.8. The third kappa shape index (κ3) is 11.3. The molecule has 2 saturated heterocycles. The molecule has 4 N–H and O–H groups in total. The lowest BCUT2D eigenvalue weighted by Gasteiger charge is -2.16. The summed E-state index contributed by atoms with van der Waals surface area (Å²) in [6.45, 7) is 8.17. The van der Waals surface area contributed by atoms with Crippen LogP contribution >= 0.6 is 34.7 Å². The summed E-state index contributed by atoms with van der Waals surface area (Å²) in [7, 11) is 0. The average molecular weight is 815 g/mol. The minimum atomic E-state index is -0.510. The number of urea groups is 1. The summed E-state index contributed by atoms with van der Waals surface area (Å²) in [5.74, 6) is 1.54. The Morgan fingerprint density at radius 1 is 0.927 bits per heavy atom. The van der Waals surface area contributed by atoms with Crippen LogP contribution in [0.15, 0.2) is 35.6 Å². The van der Waals surface area contributed by atoms with E-state index in [-0.39, 0.29) is 36.3 Å². The number of halogens is 1. The third-order valence-electron chi connectivity index (χ3n) is 9.88. The molecule has 14 nitrogen and oxygen atoms in total. The van der Waals surface area contributed by atoms with Crippen LogP contribution in [-0.4, -0.2) is 114 Å². The molecule has 3 aliphatic heterocycles. The molecule has 6 rings (SSSR count). The zero-order chi connectivity index (χ0) is 38.6. The number of amides is 4. The number of ether oxygens (including phenoxy) is 3. The molecule has 5 heterocycles. The first kappa shape index (κ1) is 41.1. The standard InChI is InChI=1S/C38H51ClN8O6S2/c1-24-25(2)55-37-33(24)34(26-9-11-27(39)12-10-26)43-28(36-46-42-23-47(36)37)21-32(49)41-14-6-16-52-18-20-53-19-17-51-15-5-13-40-31(48)8-4-3-7-30-35-29(22-54-30)44-38(50)45-35/h9-12,23,28-30,35H,3-8,13-22H2,1-2H3,(H,40,48)(H,41,49)(H2,44,45,50)/t28?,29-,30-,35?/m1/s1. The van der Waals surface area contributed by atoms with Crippen LogP contribution in [0.25, 0.3) is 5.00 Å². The van der Waals surface area contributed by atoms with Gasteiger partial charge in [-0.25, -0.2) is 4.79 Å². The van der Waals surface area contributed by atoms with E-state index in [1.54, 1.807) is 17.7 Å². The quantitative estimate of drug-likeness (QED) is 0.0832. The van der Waals surface area contributed by atoms with E-state index >= 15 is 0 Å². The Labute approximate surface area is 335 Å². The van der Waals surface area contributed by atoms with Crippen molar-refractivity contribution in [1.82, 2.24) is 36.0 Å². The van der Waals surface area contributed by atoms with Gasteiger partial charge in [0.15, 0.2) is 5.82 Å². The van der Waals surface area contributed by atoms with Gasteiger partial charge in [0.05, 0.1) is 50.6 Å². The van der Waals surface area contributed by atoms with Crippen LogP contribution in [0.4, 0.5) is 4.79 Å². The van der Waals surface area contributed by atoms with E-state index in [0.717, 1.165) is 58.8 Å². The smallest absolute Gasteiger partial charge is 0.315 e. The zero-order valence-electron chi connectivity index (χ0n) is 31.4. The number of hydrogen-bond acceptors (Lipinski definition) is 11. The van der Waals surface area contributed by atoms with Gasteiger partial charge >= 0.3 is 6.03 Å². The number of nitrogens with one attached hydrogen (secondary N) is 4. The van der Waals surface area contributed by atoms with Crippen LogP contribution in [0.2, 0.25) is 5.02 Å². The summed E-state index contributed by atoms with van der Waals surface area (Å²) >= 11 is 9.76. The van der Waals surface area contributed by atoms with Crippen LogP contribution in [-0.2, 0) is 23.8 Å². The predicted molar refractivity (Wildman–Crippen MR) is 215 cm³/mol. The number of fused-ring (bicyclic) bond motifs is 4. The lowest BCUT2D eigenvalue weighted by atomic mass is 9.99. The molecule has 3 aliphatic rings. The molecule has 0 saturated carbocycles. The molecule has 298 valence electrons. The van der Waals surface area contributed by atoms with Gasteiger partial charge in [0.25, 0.3) is 0 Å². The fourth-order valence-electron chi connectivity index (χ4n) is 6.88. The molecule has 0 bridgehead atoms. The molecule has 17 heteroatoms. The van der Waals surface area contributed by atoms with Crippen LogP contribution < -0.4 is 21.3 Å². The maximum absolute atomic E-state index is 13.1. The van der Waals surface area contributed by atoms with Gasteiger partial charge in [-0.05, 0) is 57.2 Å². The Bertz CT molecular complexity index is 1790. The Balaban J connectivity index is 0.773. The molecule has 2 fully saturated rings. The first-order valence-electron chi connectivity index (χ1n) is 19.1. The largest absolute Gasteiger partial charge is 0.379 e. The summed E-state index contributed by atoms with van der Waals surface area (Å²) in [5, 5.41) is 22.6. The maximum atomic E-state index is 13.1. The summed E-state index contributed by atoms with van der Waals surface area (Å²) in [6, 6.07) is 7.51. The molecule has 0 aliphatic carbocycles. The van der Waals surface area contributed by atoms with Gasteiger partial charge in [0, 0.05) is 64.8 Å². The molecule has 4 amide bonds. The zero-order valence-corrected chi connectivity index (χ0v) is 33.8. The highest BCUT2D eigenvalue weighted by Gasteiger charge is 2.42. The number of aromatic nitrogens is 3. The van der Waals surface area contributed by atoms with E-state index in [0.29, 0.717) is 81.7 Å². The van der Waals surface area contributed by atoms with E-state index in [1.807, 2.05) is 40.6 Å². The SMILES string of the molecule is Cc1sc2c(c1C)C(c1ccc(Cl)cc1)=NC(CC(=O)NCCCOCCOCCOCCCNC(=O)CCCC[C@H]1SC[C@H]3NC(=O)NC31)c1nncn1-2. The maximum Gasteiger partial charge on any atom is 0.315 e. The minimum absolute atomic E-state index is 0.0608. The summed E-state index contributed by atoms with van der Waals surface area (Å²) in [4.78, 5) is 43.0. The normalized spacial score (nSPS) is 19.8. The Kier molecular flexibility index (Phi) is 15.4. The predicted octanol–water partition coefficient (Wildman–Crippen LogP) is 4.67. The molecular weight excluding hydrogens is 764 g/mol. The van der Waals surface area contributed by atoms with Crippen molar-refractivity contribution in [3.8, 4) is 5.00 Å². The van der Waals surface area contributed by atoms with E-state index < -0.39 is 6.04 Å². The number of carbonyl (C=O) groups excluding carboxylic acids is 3. The first-order chi connectivity index (χ1) is 26.8. The number of aliphatic imine (C=N–C) groups is 1. The van der Waals surface area contributed by atoms with Crippen LogP contribution in [0, 0.1) is 13.8 Å². The highest BCUT2D eigenvalue weighted by molar-refractivity contribution is 8.00. The number of carbonyl (C=O) groups is 3. The number of nitrogens with zero attached hydrogens (tertiary/aromatic N) is 4. The van der Waals surface area contributed by atoms with Crippen LogP contribution in [0.3, 0.4) is 0 Å². The minimum Gasteiger partial charge on any atom is -0.379 e. The second-order valence-electron chi connectivity index (χ2n) is 13.8. The van der Waals surface area contributed by atoms with Crippen molar-refractivity contribution >= 4 is 58.3 Å². The first-order valence-corrected chi connectivity index (χ1v) is 21.3. The van der Waals surface area contributed by atoms with Crippen molar-refractivity contribution in [3.63, 3.8) is 0 Å². The molecule has 3 aromatic rings.